The summed E-state index contributed by atoms with van der Waals surface area (Å²) in [4.78, 5) is 10.6. The van der Waals surface area contributed by atoms with Crippen LogP contribution in [0.3, 0.4) is 0 Å². The molecule has 0 aromatic heterocycles. The maximum absolute atomic E-state index is 5.75. The van der Waals surface area contributed by atoms with Crippen LogP contribution in [0.4, 0.5) is 0 Å². The van der Waals surface area contributed by atoms with E-state index < -0.39 is 0 Å². The second-order valence-corrected chi connectivity index (χ2v) is 10.2. The molecule has 3 heterocycles. The fourth-order valence-corrected chi connectivity index (χ4v) is 6.28. The quantitative estimate of drug-likeness (QED) is 0.263. The highest BCUT2D eigenvalue weighted by molar-refractivity contribution is 14.0. The fraction of sp³-hybridized carbons (Fsp3) is 0.960. The second kappa shape index (κ2) is 14.4. The Hall–Kier alpha value is -0.160. The van der Waals surface area contributed by atoms with Gasteiger partial charge in [-0.05, 0) is 52.1 Å². The van der Waals surface area contributed by atoms with Crippen LogP contribution in [-0.4, -0.2) is 99.6 Å². The Labute approximate surface area is 218 Å². The summed E-state index contributed by atoms with van der Waals surface area (Å²) in [5.41, 5.74) is 0.282. The molecule has 2 N–H and O–H groups in total. The van der Waals surface area contributed by atoms with Gasteiger partial charge < -0.3 is 20.1 Å². The normalized spacial score (nSPS) is 28.2. The number of hydrogen-bond donors (Lipinski definition) is 2. The Morgan fingerprint density at radius 2 is 1.67 bits per heavy atom. The highest BCUT2D eigenvalue weighted by Gasteiger charge is 2.38. The van der Waals surface area contributed by atoms with Crippen LogP contribution < -0.4 is 10.6 Å². The van der Waals surface area contributed by atoms with E-state index in [1.54, 1.807) is 0 Å². The maximum atomic E-state index is 5.75. The fourth-order valence-electron chi connectivity index (χ4n) is 6.28. The third kappa shape index (κ3) is 7.66. The Bertz CT molecular complexity index is 569. The molecule has 8 heteroatoms. The van der Waals surface area contributed by atoms with Gasteiger partial charge in [-0.3, -0.25) is 14.8 Å². The minimum atomic E-state index is 0. The van der Waals surface area contributed by atoms with E-state index >= 15 is 0 Å². The summed E-state index contributed by atoms with van der Waals surface area (Å²) in [6.07, 6.45) is 12.0. The number of nitrogens with one attached hydrogen (secondary N) is 2. The van der Waals surface area contributed by atoms with Gasteiger partial charge in [0, 0.05) is 50.3 Å². The summed E-state index contributed by atoms with van der Waals surface area (Å²) in [5.74, 6) is 1.59. The van der Waals surface area contributed by atoms with E-state index in [-0.39, 0.29) is 29.5 Å². The van der Waals surface area contributed by atoms with Crippen LogP contribution in [0.5, 0.6) is 0 Å². The van der Waals surface area contributed by atoms with Crippen LogP contribution >= 0.6 is 24.0 Å². The van der Waals surface area contributed by atoms with Gasteiger partial charge >= 0.3 is 0 Å². The van der Waals surface area contributed by atoms with E-state index in [4.69, 9.17) is 14.5 Å². The molecule has 3 aliphatic heterocycles. The van der Waals surface area contributed by atoms with Gasteiger partial charge in [-0.2, -0.15) is 0 Å². The average Bonchev–Trinajstić information content (AvgIpc) is 3.39. The van der Waals surface area contributed by atoms with E-state index in [1.165, 1.54) is 64.5 Å². The molecule has 192 valence electrons. The minimum absolute atomic E-state index is 0. The summed E-state index contributed by atoms with van der Waals surface area (Å²) >= 11 is 0. The molecular formula is C25H48IN5O2. The topological polar surface area (TPSA) is 61.4 Å². The molecule has 3 saturated heterocycles. The van der Waals surface area contributed by atoms with E-state index in [0.717, 1.165) is 71.5 Å². The van der Waals surface area contributed by atoms with Gasteiger partial charge in [0.05, 0.1) is 26.4 Å². The molecular weight excluding hydrogens is 529 g/mol. The number of hydrogen-bond acceptors (Lipinski definition) is 5. The van der Waals surface area contributed by atoms with Crippen LogP contribution in [0, 0.1) is 5.92 Å². The van der Waals surface area contributed by atoms with Gasteiger partial charge in [-0.15, -0.1) is 24.0 Å². The lowest BCUT2D eigenvalue weighted by Crippen LogP contribution is -2.55. The van der Waals surface area contributed by atoms with Crippen LogP contribution in [0.1, 0.15) is 64.7 Å². The first-order chi connectivity index (χ1) is 15.8. The second-order valence-electron chi connectivity index (χ2n) is 10.2. The summed E-state index contributed by atoms with van der Waals surface area (Å²) in [6.45, 7) is 13.0. The number of ether oxygens (including phenoxy) is 2. The number of morpholine rings is 1. The van der Waals surface area contributed by atoms with Crippen molar-refractivity contribution in [1.29, 1.82) is 0 Å². The molecule has 1 saturated carbocycles. The van der Waals surface area contributed by atoms with Crippen molar-refractivity contribution >= 4 is 29.9 Å². The summed E-state index contributed by atoms with van der Waals surface area (Å²) < 4.78 is 11.4. The number of rotatable bonds is 8. The zero-order valence-electron chi connectivity index (χ0n) is 20.9. The van der Waals surface area contributed by atoms with Crippen LogP contribution in [-0.2, 0) is 9.47 Å². The van der Waals surface area contributed by atoms with Crippen molar-refractivity contribution in [2.45, 2.75) is 76.3 Å². The van der Waals surface area contributed by atoms with Crippen molar-refractivity contribution in [3.8, 4) is 0 Å². The Morgan fingerprint density at radius 1 is 0.939 bits per heavy atom. The van der Waals surface area contributed by atoms with Crippen LogP contribution in [0.15, 0.2) is 4.99 Å². The monoisotopic (exact) mass is 577 g/mol. The Balaban J connectivity index is 0.00000306. The van der Waals surface area contributed by atoms with Crippen molar-refractivity contribution in [3.05, 3.63) is 0 Å². The van der Waals surface area contributed by atoms with Crippen molar-refractivity contribution in [2.24, 2.45) is 10.9 Å². The predicted molar refractivity (Wildman–Crippen MR) is 146 cm³/mol. The predicted octanol–water partition coefficient (Wildman–Crippen LogP) is 3.09. The van der Waals surface area contributed by atoms with Gasteiger partial charge in [0.15, 0.2) is 5.96 Å². The molecule has 2 atom stereocenters. The third-order valence-corrected chi connectivity index (χ3v) is 8.19. The smallest absolute Gasteiger partial charge is 0.191 e. The van der Waals surface area contributed by atoms with E-state index in [0.29, 0.717) is 12.0 Å². The molecule has 0 amide bonds. The van der Waals surface area contributed by atoms with E-state index in [1.807, 2.05) is 0 Å². The SMILES string of the molecule is CCNC(=NCC1(N2CCCCC2)CCCCC1)NCC(C1CCOC1)N1CCOCC1.I. The molecule has 7 nitrogen and oxygen atoms in total. The number of halogens is 1. The van der Waals surface area contributed by atoms with Crippen LogP contribution in [0.2, 0.25) is 0 Å². The number of likely N-dealkylation sites (tertiary alicyclic amines) is 1. The first-order valence-corrected chi connectivity index (χ1v) is 13.5. The third-order valence-electron chi connectivity index (χ3n) is 8.19. The number of guanidine groups is 1. The highest BCUT2D eigenvalue weighted by atomic mass is 127. The number of aliphatic imine (C=N–C) groups is 1. The Morgan fingerprint density at radius 3 is 2.33 bits per heavy atom. The van der Waals surface area contributed by atoms with Crippen LogP contribution in [0.25, 0.3) is 0 Å². The first-order valence-electron chi connectivity index (χ1n) is 13.5. The zero-order valence-corrected chi connectivity index (χ0v) is 23.2. The summed E-state index contributed by atoms with van der Waals surface area (Å²) in [6, 6.07) is 0.482. The molecule has 4 rings (SSSR count). The largest absolute Gasteiger partial charge is 0.381 e. The maximum Gasteiger partial charge on any atom is 0.191 e. The minimum Gasteiger partial charge on any atom is -0.381 e. The highest BCUT2D eigenvalue weighted by Crippen LogP contribution is 2.36. The molecule has 0 radical (unpaired) electrons. The van der Waals surface area contributed by atoms with Crippen molar-refractivity contribution < 1.29 is 9.47 Å². The van der Waals surface area contributed by atoms with Gasteiger partial charge in [0.2, 0.25) is 0 Å². The molecule has 1 aliphatic carbocycles. The first kappa shape index (κ1) is 27.4. The van der Waals surface area contributed by atoms with Gasteiger partial charge in [0.25, 0.3) is 0 Å². The van der Waals surface area contributed by atoms with Crippen molar-refractivity contribution in [1.82, 2.24) is 20.4 Å². The molecule has 33 heavy (non-hydrogen) atoms. The van der Waals surface area contributed by atoms with Crippen molar-refractivity contribution in [2.75, 3.05) is 72.2 Å². The molecule has 0 aromatic carbocycles. The van der Waals surface area contributed by atoms with E-state index in [9.17, 15) is 0 Å². The van der Waals surface area contributed by atoms with Gasteiger partial charge in [0.1, 0.15) is 0 Å². The number of nitrogens with zero attached hydrogens (tertiary/aromatic N) is 3. The summed E-state index contributed by atoms with van der Waals surface area (Å²) in [5, 5.41) is 7.27. The molecule has 0 aromatic rings. The average molecular weight is 578 g/mol. The molecule has 4 aliphatic rings. The number of piperidine rings is 1. The van der Waals surface area contributed by atoms with Gasteiger partial charge in [-0.1, -0.05) is 25.7 Å². The van der Waals surface area contributed by atoms with Crippen molar-refractivity contribution in [3.63, 3.8) is 0 Å². The molecule has 0 spiro atoms. The van der Waals surface area contributed by atoms with E-state index in [2.05, 4.69) is 27.4 Å². The lowest BCUT2D eigenvalue weighted by Gasteiger charge is -2.47. The van der Waals surface area contributed by atoms with Gasteiger partial charge in [-0.25, -0.2) is 0 Å². The standard InChI is InChI=1S/C25H47N5O2.HI/c1-2-26-24(27-19-23(22-9-16-32-20-22)29-14-17-31-18-15-29)28-21-25(10-5-3-6-11-25)30-12-7-4-8-13-30;/h22-23H,2-21H2,1H3,(H2,26,27,28);1H. The lowest BCUT2D eigenvalue weighted by molar-refractivity contribution is 0.00244. The Kier molecular flexibility index (Phi) is 12.0. The lowest BCUT2D eigenvalue weighted by atomic mass is 9.79. The zero-order chi connectivity index (χ0) is 22.1. The molecule has 2 unspecified atom stereocenters. The molecule has 0 bridgehead atoms. The molecule has 4 fully saturated rings. The summed E-state index contributed by atoms with van der Waals surface area (Å²) in [7, 11) is 0.